The normalized spacial score (nSPS) is 14.1. The number of hydrogen-bond acceptors (Lipinski definition) is 7. The summed E-state index contributed by atoms with van der Waals surface area (Å²) in [6.45, 7) is 5.22. The van der Waals surface area contributed by atoms with Crippen molar-refractivity contribution in [2.45, 2.75) is 25.2 Å². The highest BCUT2D eigenvalue weighted by molar-refractivity contribution is 7.99. The molecule has 3 aromatic rings. The van der Waals surface area contributed by atoms with Crippen LogP contribution < -0.4 is 4.74 Å². The van der Waals surface area contributed by atoms with Crippen LogP contribution >= 0.6 is 11.8 Å². The van der Waals surface area contributed by atoms with Crippen molar-refractivity contribution in [1.29, 1.82) is 0 Å². The average molecular weight is 429 g/mol. The van der Waals surface area contributed by atoms with Crippen LogP contribution in [0.5, 0.6) is 5.75 Å². The lowest BCUT2D eigenvalue weighted by Crippen LogP contribution is -2.41. The van der Waals surface area contributed by atoms with Crippen molar-refractivity contribution >= 4 is 17.7 Å². The molecule has 0 atom stereocenters. The molecule has 1 aliphatic heterocycles. The number of rotatable bonds is 8. The molecule has 0 radical (unpaired) electrons. The second kappa shape index (κ2) is 9.82. The summed E-state index contributed by atoms with van der Waals surface area (Å²) < 4.78 is 18.6. The number of benzene rings is 1. The van der Waals surface area contributed by atoms with Gasteiger partial charge < -0.3 is 18.8 Å². The molecule has 1 aliphatic rings. The van der Waals surface area contributed by atoms with E-state index in [9.17, 15) is 4.79 Å². The van der Waals surface area contributed by atoms with Gasteiger partial charge in [0.1, 0.15) is 18.1 Å². The highest BCUT2D eigenvalue weighted by atomic mass is 32.2. The van der Waals surface area contributed by atoms with Crippen LogP contribution in [0, 0.1) is 6.92 Å². The topological polar surface area (TPSA) is 82.6 Å². The van der Waals surface area contributed by atoms with Gasteiger partial charge in [0.05, 0.1) is 31.8 Å². The molecule has 30 heavy (non-hydrogen) atoms. The van der Waals surface area contributed by atoms with Crippen LogP contribution in [-0.4, -0.2) is 57.6 Å². The van der Waals surface area contributed by atoms with Crippen molar-refractivity contribution in [1.82, 2.24) is 19.7 Å². The van der Waals surface area contributed by atoms with E-state index in [2.05, 4.69) is 10.2 Å². The number of amides is 1. The monoisotopic (exact) mass is 428 g/mol. The van der Waals surface area contributed by atoms with Gasteiger partial charge in [0.2, 0.25) is 5.91 Å². The Bertz CT molecular complexity index is 950. The molecule has 0 saturated carbocycles. The smallest absolute Gasteiger partial charge is 0.233 e. The summed E-state index contributed by atoms with van der Waals surface area (Å²) in [6, 6.07) is 11.6. The summed E-state index contributed by atoms with van der Waals surface area (Å²) in [4.78, 5) is 14.3. The van der Waals surface area contributed by atoms with Gasteiger partial charge in [-0.15, -0.1) is 10.2 Å². The summed E-state index contributed by atoms with van der Waals surface area (Å²) in [5.74, 6) is 2.61. The molecule has 0 unspecified atom stereocenters. The minimum absolute atomic E-state index is 0.0771. The Balaban J connectivity index is 1.45. The predicted octanol–water partition coefficient (Wildman–Crippen LogP) is 2.76. The fourth-order valence-corrected chi connectivity index (χ4v) is 3.92. The molecular weight excluding hydrogens is 404 g/mol. The van der Waals surface area contributed by atoms with E-state index in [0.29, 0.717) is 49.6 Å². The van der Waals surface area contributed by atoms with Gasteiger partial charge in [-0.05, 0) is 31.2 Å². The van der Waals surface area contributed by atoms with Gasteiger partial charge in [-0.2, -0.15) is 0 Å². The Morgan fingerprint density at radius 3 is 2.70 bits per heavy atom. The highest BCUT2D eigenvalue weighted by Crippen LogP contribution is 2.21. The van der Waals surface area contributed by atoms with E-state index < -0.39 is 0 Å². The van der Waals surface area contributed by atoms with E-state index in [-0.39, 0.29) is 12.5 Å². The molecule has 0 aliphatic carbocycles. The fraction of sp³-hybridized carbons (Fsp3) is 0.381. The number of morpholine rings is 1. The van der Waals surface area contributed by atoms with Crippen molar-refractivity contribution in [3.63, 3.8) is 0 Å². The molecule has 8 nitrogen and oxygen atoms in total. The van der Waals surface area contributed by atoms with Crippen LogP contribution in [0.15, 0.2) is 52.2 Å². The van der Waals surface area contributed by atoms with Crippen molar-refractivity contribution < 1.29 is 18.7 Å². The minimum atomic E-state index is 0.0771. The minimum Gasteiger partial charge on any atom is -0.486 e. The molecule has 3 heterocycles. The van der Waals surface area contributed by atoms with Gasteiger partial charge in [-0.1, -0.05) is 29.5 Å². The molecule has 0 spiro atoms. The van der Waals surface area contributed by atoms with Gasteiger partial charge in [0, 0.05) is 13.1 Å². The second-order valence-electron chi connectivity index (χ2n) is 6.95. The van der Waals surface area contributed by atoms with Gasteiger partial charge >= 0.3 is 0 Å². The predicted molar refractivity (Wildman–Crippen MR) is 111 cm³/mol. The number of hydrogen-bond donors (Lipinski definition) is 0. The summed E-state index contributed by atoms with van der Waals surface area (Å²) in [6.07, 6.45) is 1.64. The zero-order valence-electron chi connectivity index (χ0n) is 16.8. The first-order chi connectivity index (χ1) is 14.7. The maximum atomic E-state index is 12.5. The van der Waals surface area contributed by atoms with Crippen molar-refractivity contribution in [2.24, 2.45) is 0 Å². The first-order valence-electron chi connectivity index (χ1n) is 9.81. The van der Waals surface area contributed by atoms with E-state index in [0.717, 1.165) is 11.5 Å². The highest BCUT2D eigenvalue weighted by Gasteiger charge is 2.20. The number of carbonyl (C=O) groups is 1. The number of carbonyl (C=O) groups excluding carboxylic acids is 1. The van der Waals surface area contributed by atoms with Crippen LogP contribution in [0.25, 0.3) is 0 Å². The summed E-state index contributed by atoms with van der Waals surface area (Å²) in [5, 5.41) is 9.26. The zero-order valence-corrected chi connectivity index (χ0v) is 17.6. The summed E-state index contributed by atoms with van der Waals surface area (Å²) in [7, 11) is 0. The number of aromatic nitrogens is 3. The van der Waals surface area contributed by atoms with Crippen LogP contribution in [-0.2, 0) is 22.7 Å². The van der Waals surface area contributed by atoms with Gasteiger partial charge in [0.15, 0.2) is 11.0 Å². The first kappa shape index (κ1) is 20.5. The van der Waals surface area contributed by atoms with Crippen LogP contribution in [0.2, 0.25) is 0 Å². The molecule has 0 bridgehead atoms. The Kier molecular flexibility index (Phi) is 6.70. The molecule has 2 aromatic heterocycles. The van der Waals surface area contributed by atoms with Gasteiger partial charge in [-0.25, -0.2) is 0 Å². The molecule has 9 heteroatoms. The third kappa shape index (κ3) is 5.22. The standard InChI is InChI=1S/C21H24N4O4S/c1-16-4-6-17(7-5-16)29-14-19-22-23-21(25(19)13-18-3-2-10-28-18)30-15-20(26)24-8-11-27-12-9-24/h2-7,10H,8-9,11-15H2,1H3. The molecule has 1 saturated heterocycles. The van der Waals surface area contributed by atoms with Crippen LogP contribution in [0.1, 0.15) is 17.1 Å². The van der Waals surface area contributed by atoms with Gasteiger partial charge in [-0.3, -0.25) is 9.36 Å². The molecule has 1 fully saturated rings. The van der Waals surface area contributed by atoms with Crippen molar-refractivity contribution in [2.75, 3.05) is 32.1 Å². The molecule has 1 aromatic carbocycles. The van der Waals surface area contributed by atoms with Crippen molar-refractivity contribution in [3.8, 4) is 5.75 Å². The van der Waals surface area contributed by atoms with E-state index in [1.165, 1.54) is 17.3 Å². The van der Waals surface area contributed by atoms with Gasteiger partial charge in [0.25, 0.3) is 0 Å². The van der Waals surface area contributed by atoms with Crippen LogP contribution in [0.3, 0.4) is 0 Å². The third-order valence-corrected chi connectivity index (χ3v) is 5.72. The largest absolute Gasteiger partial charge is 0.486 e. The Labute approximate surface area is 179 Å². The lowest BCUT2D eigenvalue weighted by molar-refractivity contribution is -0.132. The second-order valence-corrected chi connectivity index (χ2v) is 7.89. The molecular formula is C21H24N4O4S. The number of furan rings is 1. The maximum absolute atomic E-state index is 12.5. The lowest BCUT2D eigenvalue weighted by atomic mass is 10.2. The Morgan fingerprint density at radius 2 is 1.97 bits per heavy atom. The average Bonchev–Trinajstić information content (AvgIpc) is 3.43. The molecule has 158 valence electrons. The maximum Gasteiger partial charge on any atom is 0.233 e. The number of ether oxygens (including phenoxy) is 2. The Hall–Kier alpha value is -2.78. The van der Waals surface area contributed by atoms with Crippen molar-refractivity contribution in [3.05, 3.63) is 59.8 Å². The number of aryl methyl sites for hydroxylation is 1. The summed E-state index contributed by atoms with van der Waals surface area (Å²) >= 11 is 1.38. The quantitative estimate of drug-likeness (QED) is 0.510. The molecule has 1 amide bonds. The van der Waals surface area contributed by atoms with E-state index in [1.807, 2.05) is 52.8 Å². The van der Waals surface area contributed by atoms with E-state index >= 15 is 0 Å². The molecule has 4 rings (SSSR count). The number of nitrogens with zero attached hydrogens (tertiary/aromatic N) is 4. The molecule has 0 N–H and O–H groups in total. The third-order valence-electron chi connectivity index (χ3n) is 4.76. The first-order valence-corrected chi connectivity index (χ1v) is 10.8. The zero-order chi connectivity index (χ0) is 20.8. The number of thioether (sulfide) groups is 1. The fourth-order valence-electron chi connectivity index (χ4n) is 3.06. The SMILES string of the molecule is Cc1ccc(OCc2nnc(SCC(=O)N3CCOCC3)n2Cc2ccco2)cc1. The summed E-state index contributed by atoms with van der Waals surface area (Å²) in [5.41, 5.74) is 1.17. The Morgan fingerprint density at radius 1 is 1.17 bits per heavy atom. The lowest BCUT2D eigenvalue weighted by Gasteiger charge is -2.26. The van der Waals surface area contributed by atoms with E-state index in [4.69, 9.17) is 13.9 Å². The van der Waals surface area contributed by atoms with Crippen LogP contribution in [0.4, 0.5) is 0 Å². The van der Waals surface area contributed by atoms with E-state index in [1.54, 1.807) is 6.26 Å².